The van der Waals surface area contributed by atoms with E-state index in [0.29, 0.717) is 34.1 Å². The molecule has 33 heavy (non-hydrogen) atoms. The lowest BCUT2D eigenvalue weighted by atomic mass is 10.2. The predicted octanol–water partition coefficient (Wildman–Crippen LogP) is 2.88. The molecule has 0 bridgehead atoms. The quantitative estimate of drug-likeness (QED) is 0.501. The summed E-state index contributed by atoms with van der Waals surface area (Å²) < 4.78 is 62.6. The van der Waals surface area contributed by atoms with Crippen LogP contribution in [0.15, 0.2) is 47.0 Å². The number of nitrogens with one attached hydrogen (secondary N) is 1. The predicted molar refractivity (Wildman–Crippen MR) is 116 cm³/mol. The van der Waals surface area contributed by atoms with Crippen molar-refractivity contribution in [2.75, 3.05) is 17.2 Å². The van der Waals surface area contributed by atoms with E-state index in [1.54, 1.807) is 24.3 Å². The van der Waals surface area contributed by atoms with Crippen molar-refractivity contribution in [3.8, 4) is 17.1 Å². The molecule has 0 saturated carbocycles. The van der Waals surface area contributed by atoms with Gasteiger partial charge in [-0.3, -0.25) is 9.10 Å². The van der Waals surface area contributed by atoms with E-state index in [0.717, 1.165) is 18.4 Å². The summed E-state index contributed by atoms with van der Waals surface area (Å²) in [6, 6.07) is 8.34. The fourth-order valence-electron chi connectivity index (χ4n) is 3.05. The number of sulfonamides is 1. The van der Waals surface area contributed by atoms with Crippen LogP contribution >= 0.6 is 0 Å². The third-order valence-electron chi connectivity index (χ3n) is 4.55. The molecule has 3 aromatic rings. The average Bonchev–Trinajstić information content (AvgIpc) is 3.23. The van der Waals surface area contributed by atoms with Crippen LogP contribution in [0.2, 0.25) is 0 Å². The number of amides is 1. The first kappa shape index (κ1) is 24.1. The van der Waals surface area contributed by atoms with Crippen molar-refractivity contribution in [1.82, 2.24) is 15.5 Å². The number of ether oxygens (including phenoxy) is 1. The van der Waals surface area contributed by atoms with Crippen LogP contribution in [-0.2, 0) is 21.4 Å². The molecule has 1 N–H and O–H groups in total. The topological polar surface area (TPSA) is 115 Å². The van der Waals surface area contributed by atoms with Crippen LogP contribution in [0.5, 0.6) is 5.75 Å². The standard InChI is InChI=1S/C21H22F2N4O5S/c1-4-31-16-8-5-14(6-9-16)20-25-19(32-26-20)12-24-21(28)13(2)27(33(3,29)30)15-7-10-17(22)18(23)11-15/h5-11,13H,4,12H2,1-3H3,(H,24,28)/t13-/m1/s1. The summed E-state index contributed by atoms with van der Waals surface area (Å²) in [6.07, 6.45) is 0.860. The molecule has 9 nitrogen and oxygen atoms in total. The lowest BCUT2D eigenvalue weighted by Gasteiger charge is -2.28. The highest BCUT2D eigenvalue weighted by Crippen LogP contribution is 2.23. The van der Waals surface area contributed by atoms with Crippen molar-refractivity contribution in [2.24, 2.45) is 0 Å². The number of halogens is 2. The monoisotopic (exact) mass is 480 g/mol. The summed E-state index contributed by atoms with van der Waals surface area (Å²) in [5.74, 6) is -1.98. The van der Waals surface area contributed by atoms with E-state index in [1.165, 1.54) is 6.92 Å². The SMILES string of the molecule is CCOc1ccc(-c2noc(CNC(=O)[C@@H](C)N(c3ccc(F)c(F)c3)S(C)(=O)=O)n2)cc1. The third kappa shape index (κ3) is 5.83. The Hall–Kier alpha value is -3.54. The average molecular weight is 480 g/mol. The third-order valence-corrected chi connectivity index (χ3v) is 5.79. The fraction of sp³-hybridized carbons (Fsp3) is 0.286. The van der Waals surface area contributed by atoms with E-state index >= 15 is 0 Å². The number of anilines is 1. The Morgan fingerprint density at radius 2 is 1.88 bits per heavy atom. The number of carbonyl (C=O) groups is 1. The zero-order valence-electron chi connectivity index (χ0n) is 18.1. The second kappa shape index (κ2) is 9.94. The normalized spacial score (nSPS) is 12.3. The highest BCUT2D eigenvalue weighted by atomic mass is 32.2. The molecule has 3 rings (SSSR count). The fourth-order valence-corrected chi connectivity index (χ4v) is 4.22. The van der Waals surface area contributed by atoms with E-state index in [1.807, 2.05) is 6.92 Å². The lowest BCUT2D eigenvalue weighted by Crippen LogP contribution is -2.47. The maximum absolute atomic E-state index is 13.6. The molecule has 0 aliphatic heterocycles. The number of hydrogen-bond acceptors (Lipinski definition) is 7. The molecule has 1 aromatic heterocycles. The van der Waals surface area contributed by atoms with Gasteiger partial charge in [0.1, 0.15) is 11.8 Å². The summed E-state index contributed by atoms with van der Waals surface area (Å²) in [4.78, 5) is 16.8. The number of nitrogens with zero attached hydrogens (tertiary/aromatic N) is 3. The Bertz CT molecular complexity index is 1230. The first-order chi connectivity index (χ1) is 15.6. The van der Waals surface area contributed by atoms with Crippen molar-refractivity contribution in [1.29, 1.82) is 0 Å². The van der Waals surface area contributed by atoms with Crippen LogP contribution in [0.1, 0.15) is 19.7 Å². The summed E-state index contributed by atoms with van der Waals surface area (Å²) in [5, 5.41) is 6.37. The molecule has 2 aromatic carbocycles. The molecule has 0 unspecified atom stereocenters. The van der Waals surface area contributed by atoms with Gasteiger partial charge >= 0.3 is 0 Å². The maximum atomic E-state index is 13.6. The summed E-state index contributed by atoms with van der Waals surface area (Å²) in [7, 11) is -3.99. The molecular formula is C21H22F2N4O5S. The van der Waals surface area contributed by atoms with Gasteiger partial charge in [-0.2, -0.15) is 4.98 Å². The summed E-state index contributed by atoms with van der Waals surface area (Å²) in [6.45, 7) is 3.57. The largest absolute Gasteiger partial charge is 0.494 e. The van der Waals surface area contributed by atoms with Gasteiger partial charge in [0.2, 0.25) is 27.6 Å². The Balaban J connectivity index is 1.69. The highest BCUT2D eigenvalue weighted by Gasteiger charge is 2.30. The zero-order chi connectivity index (χ0) is 24.2. The summed E-state index contributed by atoms with van der Waals surface area (Å²) in [5.41, 5.74) is 0.490. The second-order valence-electron chi connectivity index (χ2n) is 7.02. The van der Waals surface area contributed by atoms with Gasteiger partial charge in [0.25, 0.3) is 0 Å². The Morgan fingerprint density at radius 1 is 1.18 bits per heavy atom. The van der Waals surface area contributed by atoms with Gasteiger partial charge in [-0.05, 0) is 50.2 Å². The van der Waals surface area contributed by atoms with Crippen LogP contribution in [-0.4, -0.2) is 43.4 Å². The summed E-state index contributed by atoms with van der Waals surface area (Å²) >= 11 is 0. The number of rotatable bonds is 9. The molecule has 0 spiro atoms. The maximum Gasteiger partial charge on any atom is 0.246 e. The minimum absolute atomic E-state index is 0.0955. The number of aromatic nitrogens is 2. The van der Waals surface area contributed by atoms with Gasteiger partial charge in [0, 0.05) is 11.6 Å². The van der Waals surface area contributed by atoms with Crippen LogP contribution in [0.3, 0.4) is 0 Å². The van der Waals surface area contributed by atoms with E-state index in [4.69, 9.17) is 9.26 Å². The number of benzene rings is 2. The number of carbonyl (C=O) groups excluding carboxylic acids is 1. The van der Waals surface area contributed by atoms with Crippen molar-refractivity contribution >= 4 is 21.6 Å². The van der Waals surface area contributed by atoms with Crippen LogP contribution < -0.4 is 14.4 Å². The Labute approximate surface area is 189 Å². The van der Waals surface area contributed by atoms with E-state index in [2.05, 4.69) is 15.5 Å². The second-order valence-corrected chi connectivity index (χ2v) is 8.88. The van der Waals surface area contributed by atoms with Crippen LogP contribution in [0.25, 0.3) is 11.4 Å². The molecule has 0 aliphatic carbocycles. The molecule has 1 atom stereocenters. The lowest BCUT2D eigenvalue weighted by molar-refractivity contribution is -0.122. The minimum atomic E-state index is -3.99. The number of hydrogen-bond donors (Lipinski definition) is 1. The van der Waals surface area contributed by atoms with Gasteiger partial charge < -0.3 is 14.6 Å². The van der Waals surface area contributed by atoms with Crippen molar-refractivity contribution in [3.63, 3.8) is 0 Å². The van der Waals surface area contributed by atoms with Gasteiger partial charge in [-0.15, -0.1) is 0 Å². The van der Waals surface area contributed by atoms with Gasteiger partial charge in [-0.25, -0.2) is 17.2 Å². The van der Waals surface area contributed by atoms with Crippen molar-refractivity contribution in [2.45, 2.75) is 26.4 Å². The molecular weight excluding hydrogens is 458 g/mol. The van der Waals surface area contributed by atoms with E-state index in [9.17, 15) is 22.0 Å². The van der Waals surface area contributed by atoms with E-state index in [-0.39, 0.29) is 18.1 Å². The molecule has 0 aliphatic rings. The molecule has 0 radical (unpaired) electrons. The first-order valence-corrected chi connectivity index (χ1v) is 11.7. The zero-order valence-corrected chi connectivity index (χ0v) is 18.9. The minimum Gasteiger partial charge on any atom is -0.494 e. The van der Waals surface area contributed by atoms with Crippen molar-refractivity contribution in [3.05, 3.63) is 60.0 Å². The Morgan fingerprint density at radius 3 is 2.48 bits per heavy atom. The van der Waals surface area contributed by atoms with E-state index < -0.39 is 33.6 Å². The molecule has 1 amide bonds. The molecule has 1 heterocycles. The highest BCUT2D eigenvalue weighted by molar-refractivity contribution is 7.92. The van der Waals surface area contributed by atoms with Gasteiger partial charge in [-0.1, -0.05) is 5.16 Å². The van der Waals surface area contributed by atoms with Crippen LogP contribution in [0.4, 0.5) is 14.5 Å². The molecule has 0 saturated heterocycles. The Kier molecular flexibility index (Phi) is 7.26. The molecule has 176 valence electrons. The van der Waals surface area contributed by atoms with Gasteiger partial charge in [0.05, 0.1) is 25.1 Å². The van der Waals surface area contributed by atoms with Gasteiger partial charge in [0.15, 0.2) is 11.6 Å². The smallest absolute Gasteiger partial charge is 0.246 e. The molecule has 0 fully saturated rings. The van der Waals surface area contributed by atoms with Crippen LogP contribution in [0, 0.1) is 11.6 Å². The van der Waals surface area contributed by atoms with Crippen molar-refractivity contribution < 1.29 is 31.3 Å². The first-order valence-electron chi connectivity index (χ1n) is 9.88. The molecule has 12 heteroatoms.